The number of carbonyl (C=O) groups excluding carboxylic acids is 1. The van der Waals surface area contributed by atoms with Crippen LogP contribution in [0.3, 0.4) is 0 Å². The van der Waals surface area contributed by atoms with Gasteiger partial charge in [-0.05, 0) is 19.1 Å². The smallest absolute Gasteiger partial charge is 0.254 e. The van der Waals surface area contributed by atoms with Crippen molar-refractivity contribution < 1.29 is 9.32 Å². The predicted molar refractivity (Wildman–Crippen MR) is 69.2 cm³/mol. The van der Waals surface area contributed by atoms with Gasteiger partial charge in [-0.1, -0.05) is 5.16 Å². The summed E-state index contributed by atoms with van der Waals surface area (Å²) in [6.07, 6.45) is 1.59. The first-order valence-electron chi connectivity index (χ1n) is 5.93. The number of pyridine rings is 1. The third-order valence-electron chi connectivity index (χ3n) is 2.70. The number of hydrogen-bond donors (Lipinski definition) is 1. The molecule has 0 aliphatic rings. The topological polar surface area (TPSA) is 85.2 Å². The molecule has 2 heterocycles. The summed E-state index contributed by atoms with van der Waals surface area (Å²) < 4.78 is 4.97. The second-order valence-electron chi connectivity index (χ2n) is 4.33. The predicted octanol–water partition coefficient (Wildman–Crippen LogP) is 1.11. The molecular formula is C13H16N4O2. The van der Waals surface area contributed by atoms with Gasteiger partial charge in [0.2, 0.25) is 0 Å². The Bertz CT molecular complexity index is 580. The van der Waals surface area contributed by atoms with Crippen molar-refractivity contribution in [2.75, 3.05) is 7.05 Å². The minimum Gasteiger partial charge on any atom is -0.361 e. The highest BCUT2D eigenvalue weighted by Crippen LogP contribution is 2.09. The van der Waals surface area contributed by atoms with Gasteiger partial charge < -0.3 is 15.2 Å². The summed E-state index contributed by atoms with van der Waals surface area (Å²) >= 11 is 0. The standard InChI is InChI=1S/C13H16N4O2/c1-9-5-12(16-19-9)8-17(2)13(18)10-3-4-15-11(6-10)7-14/h3-6H,7-8,14H2,1-2H3. The zero-order valence-corrected chi connectivity index (χ0v) is 11.0. The van der Waals surface area contributed by atoms with Crippen molar-refractivity contribution in [3.05, 3.63) is 47.1 Å². The average molecular weight is 260 g/mol. The summed E-state index contributed by atoms with van der Waals surface area (Å²) in [5, 5.41) is 3.86. The molecule has 2 aromatic heterocycles. The molecule has 2 aromatic rings. The molecule has 0 saturated carbocycles. The second-order valence-corrected chi connectivity index (χ2v) is 4.33. The van der Waals surface area contributed by atoms with Gasteiger partial charge in [0.05, 0.1) is 12.2 Å². The maximum absolute atomic E-state index is 12.2. The molecule has 19 heavy (non-hydrogen) atoms. The van der Waals surface area contributed by atoms with Crippen LogP contribution in [0.1, 0.15) is 27.5 Å². The minimum absolute atomic E-state index is 0.0993. The second kappa shape index (κ2) is 5.62. The highest BCUT2D eigenvalue weighted by Gasteiger charge is 2.14. The van der Waals surface area contributed by atoms with Crippen LogP contribution in [0.15, 0.2) is 28.9 Å². The Morgan fingerprint density at radius 2 is 2.21 bits per heavy atom. The van der Waals surface area contributed by atoms with Gasteiger partial charge >= 0.3 is 0 Å². The molecule has 2 N–H and O–H groups in total. The molecule has 2 rings (SSSR count). The van der Waals surface area contributed by atoms with Crippen LogP contribution in [0, 0.1) is 6.92 Å². The number of aromatic nitrogens is 2. The largest absolute Gasteiger partial charge is 0.361 e. The minimum atomic E-state index is -0.0993. The van der Waals surface area contributed by atoms with Gasteiger partial charge in [0.25, 0.3) is 5.91 Å². The highest BCUT2D eigenvalue weighted by atomic mass is 16.5. The molecule has 0 aliphatic carbocycles. The fraction of sp³-hybridized carbons (Fsp3) is 0.308. The lowest BCUT2D eigenvalue weighted by Gasteiger charge is -2.15. The van der Waals surface area contributed by atoms with Gasteiger partial charge in [0, 0.05) is 31.4 Å². The number of nitrogens with two attached hydrogens (primary N) is 1. The Morgan fingerprint density at radius 1 is 1.42 bits per heavy atom. The van der Waals surface area contributed by atoms with Crippen LogP contribution < -0.4 is 5.73 Å². The van der Waals surface area contributed by atoms with Gasteiger partial charge in [-0.3, -0.25) is 9.78 Å². The molecule has 100 valence electrons. The first kappa shape index (κ1) is 13.2. The van der Waals surface area contributed by atoms with Gasteiger partial charge in [-0.2, -0.15) is 0 Å². The van der Waals surface area contributed by atoms with E-state index in [9.17, 15) is 4.79 Å². The quantitative estimate of drug-likeness (QED) is 0.890. The van der Waals surface area contributed by atoms with E-state index in [4.69, 9.17) is 10.3 Å². The molecule has 0 aliphatic heterocycles. The van der Waals surface area contributed by atoms with E-state index in [1.54, 1.807) is 30.3 Å². The molecule has 1 amide bonds. The van der Waals surface area contributed by atoms with Crippen molar-refractivity contribution >= 4 is 5.91 Å². The molecule has 0 fully saturated rings. The van der Waals surface area contributed by atoms with Crippen molar-refractivity contribution in [3.63, 3.8) is 0 Å². The Morgan fingerprint density at radius 3 is 2.84 bits per heavy atom. The molecule has 0 aromatic carbocycles. The van der Waals surface area contributed by atoms with Crippen LogP contribution >= 0.6 is 0 Å². The van der Waals surface area contributed by atoms with Gasteiger partial charge in [0.15, 0.2) is 0 Å². The van der Waals surface area contributed by atoms with E-state index in [2.05, 4.69) is 10.1 Å². The zero-order valence-electron chi connectivity index (χ0n) is 11.0. The Kier molecular flexibility index (Phi) is 3.91. The van der Waals surface area contributed by atoms with Crippen LogP contribution in [-0.2, 0) is 13.1 Å². The number of amides is 1. The molecule has 0 bridgehead atoms. The number of hydrogen-bond acceptors (Lipinski definition) is 5. The van der Waals surface area contributed by atoms with Gasteiger partial charge in [-0.25, -0.2) is 0 Å². The van der Waals surface area contributed by atoms with E-state index in [0.717, 1.165) is 11.5 Å². The summed E-state index contributed by atoms with van der Waals surface area (Å²) in [5.74, 6) is 0.628. The molecule has 6 nitrogen and oxygen atoms in total. The summed E-state index contributed by atoms with van der Waals surface area (Å²) in [7, 11) is 1.72. The third-order valence-corrected chi connectivity index (χ3v) is 2.70. The van der Waals surface area contributed by atoms with Crippen LogP contribution in [0.5, 0.6) is 0 Å². The fourth-order valence-corrected chi connectivity index (χ4v) is 1.75. The van der Waals surface area contributed by atoms with E-state index in [1.807, 2.05) is 13.0 Å². The lowest BCUT2D eigenvalue weighted by atomic mass is 10.2. The summed E-state index contributed by atoms with van der Waals surface area (Å²) in [6, 6.07) is 5.18. The van der Waals surface area contributed by atoms with Crippen LogP contribution in [0.4, 0.5) is 0 Å². The fourth-order valence-electron chi connectivity index (χ4n) is 1.75. The van der Waals surface area contributed by atoms with Crippen molar-refractivity contribution in [1.29, 1.82) is 0 Å². The highest BCUT2D eigenvalue weighted by molar-refractivity contribution is 5.94. The van der Waals surface area contributed by atoms with Gasteiger partial charge in [-0.15, -0.1) is 0 Å². The van der Waals surface area contributed by atoms with E-state index < -0.39 is 0 Å². The van der Waals surface area contributed by atoms with Crippen molar-refractivity contribution in [2.45, 2.75) is 20.0 Å². The Hall–Kier alpha value is -2.21. The molecule has 6 heteroatoms. The van der Waals surface area contributed by atoms with Crippen molar-refractivity contribution in [3.8, 4) is 0 Å². The van der Waals surface area contributed by atoms with E-state index in [0.29, 0.717) is 24.3 Å². The first-order valence-corrected chi connectivity index (χ1v) is 5.93. The lowest BCUT2D eigenvalue weighted by Crippen LogP contribution is -2.26. The van der Waals surface area contributed by atoms with Crippen LogP contribution in [0.25, 0.3) is 0 Å². The van der Waals surface area contributed by atoms with E-state index in [-0.39, 0.29) is 5.91 Å². The SMILES string of the molecule is Cc1cc(CN(C)C(=O)c2ccnc(CN)c2)no1. The number of aryl methyl sites for hydroxylation is 1. The Labute approximate surface area is 111 Å². The maximum Gasteiger partial charge on any atom is 0.254 e. The Balaban J connectivity index is 2.09. The number of carbonyl (C=O) groups is 1. The average Bonchev–Trinajstić information content (AvgIpc) is 2.83. The van der Waals surface area contributed by atoms with E-state index >= 15 is 0 Å². The molecule has 0 unspecified atom stereocenters. The van der Waals surface area contributed by atoms with Crippen molar-refractivity contribution in [1.82, 2.24) is 15.0 Å². The number of rotatable bonds is 4. The maximum atomic E-state index is 12.2. The summed E-state index contributed by atoms with van der Waals surface area (Å²) in [4.78, 5) is 17.9. The molecule has 0 atom stereocenters. The summed E-state index contributed by atoms with van der Waals surface area (Å²) in [5.41, 5.74) is 7.49. The van der Waals surface area contributed by atoms with Crippen LogP contribution in [0.2, 0.25) is 0 Å². The van der Waals surface area contributed by atoms with Gasteiger partial charge in [0.1, 0.15) is 11.5 Å². The monoisotopic (exact) mass is 260 g/mol. The lowest BCUT2D eigenvalue weighted by molar-refractivity contribution is 0.0782. The third kappa shape index (κ3) is 3.17. The molecule has 0 saturated heterocycles. The normalized spacial score (nSPS) is 10.5. The van der Waals surface area contributed by atoms with E-state index in [1.165, 1.54) is 0 Å². The summed E-state index contributed by atoms with van der Waals surface area (Å²) in [6.45, 7) is 2.53. The van der Waals surface area contributed by atoms with Crippen LogP contribution in [-0.4, -0.2) is 28.0 Å². The zero-order chi connectivity index (χ0) is 13.8. The molecule has 0 radical (unpaired) electrons. The molecule has 0 spiro atoms. The van der Waals surface area contributed by atoms with Crippen molar-refractivity contribution in [2.24, 2.45) is 5.73 Å². The number of nitrogens with zero attached hydrogens (tertiary/aromatic N) is 3. The first-order chi connectivity index (χ1) is 9.10. The molecular weight excluding hydrogens is 244 g/mol.